The number of hydrogen-bond acceptors (Lipinski definition) is 6. The molecule has 1 aliphatic heterocycles. The van der Waals surface area contributed by atoms with E-state index >= 15 is 0 Å². The number of phenols is 1. The van der Waals surface area contributed by atoms with Crippen LogP contribution in [0.15, 0.2) is 33.2 Å². The summed E-state index contributed by atoms with van der Waals surface area (Å²) in [6.07, 6.45) is 0. The second-order valence-electron chi connectivity index (χ2n) is 4.25. The first-order valence-corrected chi connectivity index (χ1v) is 6.24. The fourth-order valence-electron chi connectivity index (χ4n) is 1.69. The van der Waals surface area contributed by atoms with Gasteiger partial charge in [0.25, 0.3) is 11.9 Å². The maximum absolute atomic E-state index is 11.2. The van der Waals surface area contributed by atoms with E-state index in [1.54, 1.807) is 0 Å². The average molecular weight is 320 g/mol. The largest absolute Gasteiger partial charge is 0.508 e. The number of ether oxygens (including phenoxy) is 1. The minimum atomic E-state index is -1.39. The van der Waals surface area contributed by atoms with Gasteiger partial charge in [-0.2, -0.15) is 9.98 Å². The average Bonchev–Trinajstić information content (AvgIpc) is 2.85. The predicted molar refractivity (Wildman–Crippen MR) is 80.2 cm³/mol. The molecule has 1 aromatic rings. The number of hydrogen-bond donors (Lipinski definition) is 4. The number of carbonyl (C=O) groups is 2. The van der Waals surface area contributed by atoms with Crippen LogP contribution in [0.4, 0.5) is 11.4 Å². The second kappa shape index (κ2) is 6.66. The Hall–Kier alpha value is -3.27. The molecule has 120 valence electrons. The van der Waals surface area contributed by atoms with Crippen LogP contribution in [0.2, 0.25) is 0 Å². The number of nitrogens with one attached hydrogen (secondary N) is 1. The number of rotatable bonds is 4. The van der Waals surface area contributed by atoms with Gasteiger partial charge in [0.2, 0.25) is 11.6 Å². The first-order valence-electron chi connectivity index (χ1n) is 6.24. The van der Waals surface area contributed by atoms with Crippen molar-refractivity contribution in [3.8, 4) is 5.75 Å². The van der Waals surface area contributed by atoms with Crippen LogP contribution in [-0.4, -0.2) is 51.6 Å². The number of aromatic hydroxyl groups is 1. The van der Waals surface area contributed by atoms with Crippen molar-refractivity contribution in [3.05, 3.63) is 18.2 Å². The number of aliphatic imine (C=N–C) groups is 3. The van der Waals surface area contributed by atoms with Crippen LogP contribution >= 0.6 is 0 Å². The van der Waals surface area contributed by atoms with Crippen molar-refractivity contribution in [1.29, 1.82) is 0 Å². The zero-order valence-corrected chi connectivity index (χ0v) is 11.8. The number of guanidine groups is 1. The number of aliphatic hydroxyl groups is 1. The van der Waals surface area contributed by atoms with Crippen LogP contribution in [-0.2, 0) is 14.3 Å². The zero-order valence-electron chi connectivity index (χ0n) is 11.8. The molecule has 1 aliphatic rings. The molecule has 1 aromatic carbocycles. The standard InChI is InChI=1S/C13H12N4O6/c1-6(19)14-9-4-7(20)2-3-8(9)15-13-16-10(12(21)22)11(17-13)23-5-18/h2-4,18,20H,5H2,1H3,(H,14,19)(H,21,22). The molecule has 0 saturated heterocycles. The topological polar surface area (TPSA) is 153 Å². The Kier molecular flexibility index (Phi) is 4.66. The highest BCUT2D eigenvalue weighted by Gasteiger charge is 2.26. The number of anilines is 1. The molecule has 0 aliphatic carbocycles. The summed E-state index contributed by atoms with van der Waals surface area (Å²) in [7, 11) is 0. The third kappa shape index (κ3) is 3.89. The van der Waals surface area contributed by atoms with Crippen molar-refractivity contribution in [2.45, 2.75) is 6.92 Å². The van der Waals surface area contributed by atoms with Gasteiger partial charge in [-0.15, -0.1) is 0 Å². The molecule has 10 heteroatoms. The van der Waals surface area contributed by atoms with Gasteiger partial charge in [-0.3, -0.25) is 4.79 Å². The number of amides is 1. The van der Waals surface area contributed by atoms with Crippen LogP contribution < -0.4 is 5.32 Å². The lowest BCUT2D eigenvalue weighted by molar-refractivity contribution is -0.129. The van der Waals surface area contributed by atoms with E-state index in [4.69, 9.17) is 10.2 Å². The Morgan fingerprint density at radius 2 is 2.09 bits per heavy atom. The van der Waals surface area contributed by atoms with Gasteiger partial charge in [-0.25, -0.2) is 9.79 Å². The van der Waals surface area contributed by atoms with Gasteiger partial charge >= 0.3 is 5.97 Å². The number of benzene rings is 1. The Balaban J connectivity index is 2.42. The van der Waals surface area contributed by atoms with Gasteiger partial charge in [-0.1, -0.05) is 0 Å². The van der Waals surface area contributed by atoms with Gasteiger partial charge in [0.15, 0.2) is 6.79 Å². The molecule has 23 heavy (non-hydrogen) atoms. The quantitative estimate of drug-likeness (QED) is 0.583. The summed E-state index contributed by atoms with van der Waals surface area (Å²) in [4.78, 5) is 33.6. The second-order valence-corrected chi connectivity index (χ2v) is 4.25. The summed E-state index contributed by atoms with van der Waals surface area (Å²) in [5.74, 6) is -2.48. The Morgan fingerprint density at radius 1 is 1.35 bits per heavy atom. The van der Waals surface area contributed by atoms with E-state index in [9.17, 15) is 14.7 Å². The summed E-state index contributed by atoms with van der Waals surface area (Å²) in [6, 6.07) is 3.99. The SMILES string of the molecule is CC(=O)Nc1cc(O)ccc1N=C1N=C(OCO)C(C(=O)O)=N1. The molecular formula is C13H12N4O6. The Morgan fingerprint density at radius 3 is 2.70 bits per heavy atom. The summed E-state index contributed by atoms with van der Waals surface area (Å²) in [5, 5.41) is 29.6. The number of aliphatic hydroxyl groups excluding tert-OH is 1. The van der Waals surface area contributed by atoms with Crippen LogP contribution in [0, 0.1) is 0 Å². The Bertz CT molecular complexity index is 753. The van der Waals surface area contributed by atoms with Crippen molar-refractivity contribution in [2.75, 3.05) is 12.1 Å². The number of carbonyl (C=O) groups excluding carboxylic acids is 1. The number of phenolic OH excluding ortho intramolecular Hbond substituents is 1. The van der Waals surface area contributed by atoms with Crippen LogP contribution in [0.25, 0.3) is 0 Å². The molecule has 0 atom stereocenters. The third-order valence-electron chi connectivity index (χ3n) is 2.53. The highest BCUT2D eigenvalue weighted by atomic mass is 16.6. The maximum Gasteiger partial charge on any atom is 0.360 e. The van der Waals surface area contributed by atoms with Crippen molar-refractivity contribution < 1.29 is 29.6 Å². The smallest absolute Gasteiger partial charge is 0.360 e. The van der Waals surface area contributed by atoms with Crippen molar-refractivity contribution >= 4 is 40.8 Å². The number of carboxylic acid groups (broad SMARTS) is 1. The summed E-state index contributed by atoms with van der Waals surface area (Å²) < 4.78 is 4.66. The minimum Gasteiger partial charge on any atom is -0.508 e. The number of aliphatic carboxylic acids is 1. The minimum absolute atomic E-state index is 0.0911. The van der Waals surface area contributed by atoms with E-state index in [0.29, 0.717) is 0 Å². The van der Waals surface area contributed by atoms with E-state index in [-0.39, 0.29) is 34.9 Å². The van der Waals surface area contributed by atoms with Gasteiger partial charge in [0.1, 0.15) is 5.75 Å². The molecular weight excluding hydrogens is 308 g/mol. The molecule has 0 aromatic heterocycles. The molecule has 0 saturated carbocycles. The van der Waals surface area contributed by atoms with Gasteiger partial charge < -0.3 is 25.4 Å². The molecule has 0 bridgehead atoms. The normalized spacial score (nSPS) is 15.1. The zero-order chi connectivity index (χ0) is 17.0. The molecule has 2 rings (SSSR count). The number of nitrogens with zero attached hydrogens (tertiary/aromatic N) is 3. The van der Waals surface area contributed by atoms with Gasteiger partial charge in [0, 0.05) is 13.0 Å². The molecule has 0 fully saturated rings. The van der Waals surface area contributed by atoms with E-state index in [0.717, 1.165) is 0 Å². The van der Waals surface area contributed by atoms with Gasteiger partial charge in [0.05, 0.1) is 11.4 Å². The molecule has 0 unspecified atom stereocenters. The van der Waals surface area contributed by atoms with Crippen molar-refractivity contribution in [3.63, 3.8) is 0 Å². The maximum atomic E-state index is 11.2. The Labute approximate surface area is 129 Å². The lowest BCUT2D eigenvalue weighted by Gasteiger charge is -2.06. The molecule has 1 amide bonds. The van der Waals surface area contributed by atoms with E-state index in [1.807, 2.05) is 0 Å². The monoisotopic (exact) mass is 320 g/mol. The van der Waals surface area contributed by atoms with Crippen molar-refractivity contribution in [1.82, 2.24) is 0 Å². The molecule has 0 spiro atoms. The molecule has 0 radical (unpaired) electrons. The summed E-state index contributed by atoms with van der Waals surface area (Å²) in [6.45, 7) is 0.511. The lowest BCUT2D eigenvalue weighted by Crippen LogP contribution is -2.23. The molecule has 10 nitrogen and oxygen atoms in total. The summed E-state index contributed by atoms with van der Waals surface area (Å²) in [5.41, 5.74) is -0.100. The van der Waals surface area contributed by atoms with Crippen LogP contribution in [0.3, 0.4) is 0 Å². The van der Waals surface area contributed by atoms with Crippen LogP contribution in [0.1, 0.15) is 6.92 Å². The number of carboxylic acids is 1. The highest BCUT2D eigenvalue weighted by Crippen LogP contribution is 2.29. The first kappa shape index (κ1) is 16.1. The lowest BCUT2D eigenvalue weighted by atomic mass is 10.2. The fraction of sp³-hybridized carbons (Fsp3) is 0.154. The highest BCUT2D eigenvalue weighted by molar-refractivity contribution is 6.66. The third-order valence-corrected chi connectivity index (χ3v) is 2.53. The van der Waals surface area contributed by atoms with E-state index < -0.39 is 18.5 Å². The van der Waals surface area contributed by atoms with E-state index in [1.165, 1.54) is 25.1 Å². The van der Waals surface area contributed by atoms with Crippen molar-refractivity contribution in [2.24, 2.45) is 15.0 Å². The first-order chi connectivity index (χ1) is 10.9. The fourth-order valence-corrected chi connectivity index (χ4v) is 1.69. The molecule has 4 N–H and O–H groups in total. The van der Waals surface area contributed by atoms with Crippen LogP contribution in [0.5, 0.6) is 5.75 Å². The summed E-state index contributed by atoms with van der Waals surface area (Å²) >= 11 is 0. The molecule has 1 heterocycles. The predicted octanol–water partition coefficient (Wildman–Crippen LogP) is 0.242. The van der Waals surface area contributed by atoms with Gasteiger partial charge in [-0.05, 0) is 12.1 Å². The van der Waals surface area contributed by atoms with E-state index in [2.05, 4.69) is 25.0 Å².